The standard InChI is InChI=1S/C27H21F2N3O4S2/c1-13-10-14-2-3-16-22(15-4-5-18(28)21(29)17(15)12-37-26(16)25(14)38-13)32-20-11-36-9-8-30(20)27(35)23-24(34)19(33)6-7-31(23)32/h2-7,10,20,22,34H,8-9,11-12H2,1H3/t20-,22-/m1/s1. The number of thioether (sulfide) groups is 1. The van der Waals surface area contributed by atoms with Gasteiger partial charge < -0.3 is 14.7 Å². The summed E-state index contributed by atoms with van der Waals surface area (Å²) in [6.07, 6.45) is 0.833. The predicted octanol–water partition coefficient (Wildman–Crippen LogP) is 4.50. The SMILES string of the molecule is Cc1cc2ccc3c(c2s1)SCc1c(ccc(F)c1F)[C@H]3N1[C@@H]2COCCN2C(=O)c2c(O)c(=O)ccn21. The van der Waals surface area contributed by atoms with E-state index in [9.17, 15) is 19.1 Å². The Morgan fingerprint density at radius 1 is 1.11 bits per heavy atom. The first kappa shape index (κ1) is 23.7. The molecule has 2 aromatic heterocycles. The summed E-state index contributed by atoms with van der Waals surface area (Å²) in [6, 6.07) is 9.34. The van der Waals surface area contributed by atoms with Gasteiger partial charge in [-0.1, -0.05) is 18.2 Å². The van der Waals surface area contributed by atoms with E-state index in [1.165, 1.54) is 28.7 Å². The minimum Gasteiger partial charge on any atom is -0.502 e. The van der Waals surface area contributed by atoms with Crippen LogP contribution in [-0.2, 0) is 10.5 Å². The van der Waals surface area contributed by atoms with E-state index < -0.39 is 40.9 Å². The molecule has 0 bridgehead atoms. The fraction of sp³-hybridized carbons (Fsp3) is 0.259. The van der Waals surface area contributed by atoms with Gasteiger partial charge in [0.1, 0.15) is 6.17 Å². The zero-order valence-corrected chi connectivity index (χ0v) is 21.7. The van der Waals surface area contributed by atoms with Crippen molar-refractivity contribution in [3.8, 4) is 5.75 Å². The van der Waals surface area contributed by atoms with Gasteiger partial charge in [-0.2, -0.15) is 0 Å². The van der Waals surface area contributed by atoms with Gasteiger partial charge in [-0.15, -0.1) is 23.1 Å². The fourth-order valence-corrected chi connectivity index (χ4v) is 8.17. The molecule has 11 heteroatoms. The normalized spacial score (nSPS) is 20.6. The van der Waals surface area contributed by atoms with Gasteiger partial charge in [0.2, 0.25) is 5.43 Å². The van der Waals surface area contributed by atoms with Crippen LogP contribution < -0.4 is 10.4 Å². The molecule has 5 heterocycles. The third-order valence-electron chi connectivity index (χ3n) is 7.42. The van der Waals surface area contributed by atoms with E-state index in [2.05, 4.69) is 6.07 Å². The number of benzene rings is 2. The summed E-state index contributed by atoms with van der Waals surface area (Å²) in [5.41, 5.74) is 0.818. The van der Waals surface area contributed by atoms with Crippen molar-refractivity contribution in [3.05, 3.63) is 91.7 Å². The molecule has 1 saturated heterocycles. The summed E-state index contributed by atoms with van der Waals surface area (Å²) >= 11 is 3.10. The molecule has 1 fully saturated rings. The summed E-state index contributed by atoms with van der Waals surface area (Å²) < 4.78 is 38.2. The molecule has 2 aromatic carbocycles. The van der Waals surface area contributed by atoms with Crippen LogP contribution in [-0.4, -0.2) is 46.5 Å². The summed E-state index contributed by atoms with van der Waals surface area (Å²) in [7, 11) is 0. The maximum Gasteiger partial charge on any atom is 0.278 e. The number of pyridine rings is 1. The molecule has 0 aliphatic carbocycles. The first-order valence-electron chi connectivity index (χ1n) is 12.1. The molecular weight excluding hydrogens is 532 g/mol. The summed E-state index contributed by atoms with van der Waals surface area (Å²) in [5, 5.41) is 13.7. The van der Waals surface area contributed by atoms with Gasteiger partial charge in [-0.25, -0.2) is 8.78 Å². The number of carbonyl (C=O) groups excluding carboxylic acids is 1. The Balaban J connectivity index is 1.57. The van der Waals surface area contributed by atoms with Crippen LogP contribution in [0, 0.1) is 18.6 Å². The first-order chi connectivity index (χ1) is 18.3. The number of fused-ring (bicyclic) bond motifs is 6. The van der Waals surface area contributed by atoms with Crippen LogP contribution in [0.2, 0.25) is 0 Å². The Bertz CT molecular complexity index is 1720. The van der Waals surface area contributed by atoms with Crippen molar-refractivity contribution in [2.75, 3.05) is 24.8 Å². The van der Waals surface area contributed by atoms with Gasteiger partial charge in [0.15, 0.2) is 23.1 Å². The van der Waals surface area contributed by atoms with Crippen molar-refractivity contribution in [1.29, 1.82) is 0 Å². The monoisotopic (exact) mass is 553 g/mol. The van der Waals surface area contributed by atoms with Crippen molar-refractivity contribution in [2.24, 2.45) is 0 Å². The number of aromatic hydroxyl groups is 1. The molecule has 0 saturated carbocycles. The lowest BCUT2D eigenvalue weighted by Gasteiger charge is -2.51. The number of hydrogen-bond acceptors (Lipinski definition) is 7. The minimum atomic E-state index is -0.927. The van der Waals surface area contributed by atoms with Crippen molar-refractivity contribution in [1.82, 2.24) is 9.58 Å². The van der Waals surface area contributed by atoms with Crippen LogP contribution in [0.4, 0.5) is 8.78 Å². The molecule has 3 aliphatic rings. The molecule has 7 rings (SSSR count). The van der Waals surface area contributed by atoms with Gasteiger partial charge in [0.25, 0.3) is 5.91 Å². The molecule has 4 aromatic rings. The number of ether oxygens (including phenoxy) is 1. The Morgan fingerprint density at radius 3 is 2.76 bits per heavy atom. The van der Waals surface area contributed by atoms with Crippen molar-refractivity contribution < 1.29 is 23.4 Å². The average molecular weight is 554 g/mol. The van der Waals surface area contributed by atoms with E-state index in [1.54, 1.807) is 22.3 Å². The predicted molar refractivity (Wildman–Crippen MR) is 141 cm³/mol. The van der Waals surface area contributed by atoms with E-state index in [1.807, 2.05) is 24.1 Å². The Hall–Kier alpha value is -3.41. The number of aromatic nitrogens is 1. The highest BCUT2D eigenvalue weighted by atomic mass is 32.2. The molecule has 1 N–H and O–H groups in total. The highest BCUT2D eigenvalue weighted by molar-refractivity contribution is 7.99. The quantitative estimate of drug-likeness (QED) is 0.374. The second kappa shape index (κ2) is 8.55. The topological polar surface area (TPSA) is 75.0 Å². The summed E-state index contributed by atoms with van der Waals surface area (Å²) in [5.74, 6) is -2.74. The number of hydrogen-bond donors (Lipinski definition) is 1. The molecule has 194 valence electrons. The first-order valence-corrected chi connectivity index (χ1v) is 13.9. The zero-order valence-electron chi connectivity index (χ0n) is 20.1. The second-order valence-corrected chi connectivity index (χ2v) is 11.8. The van der Waals surface area contributed by atoms with Crippen molar-refractivity contribution >= 4 is 39.1 Å². The lowest BCUT2D eigenvalue weighted by atomic mass is 9.92. The summed E-state index contributed by atoms with van der Waals surface area (Å²) in [4.78, 5) is 29.5. The Morgan fingerprint density at radius 2 is 1.92 bits per heavy atom. The molecule has 1 amide bonds. The average Bonchev–Trinajstić information content (AvgIpc) is 3.21. The van der Waals surface area contributed by atoms with Gasteiger partial charge in [0.05, 0.1) is 19.3 Å². The highest BCUT2D eigenvalue weighted by Gasteiger charge is 2.46. The smallest absolute Gasteiger partial charge is 0.278 e. The van der Waals surface area contributed by atoms with E-state index in [4.69, 9.17) is 4.74 Å². The number of carbonyl (C=O) groups is 1. The van der Waals surface area contributed by atoms with E-state index in [0.717, 1.165) is 31.5 Å². The second-order valence-electron chi connectivity index (χ2n) is 9.54. The number of nitrogens with zero attached hydrogens (tertiary/aromatic N) is 3. The van der Waals surface area contributed by atoms with Crippen LogP contribution in [0.25, 0.3) is 10.1 Å². The van der Waals surface area contributed by atoms with E-state index in [0.29, 0.717) is 12.2 Å². The Kier molecular flexibility index (Phi) is 5.33. The molecule has 0 unspecified atom stereocenters. The molecule has 3 aliphatic heterocycles. The van der Waals surface area contributed by atoms with Crippen LogP contribution in [0.5, 0.6) is 5.75 Å². The number of thiophene rings is 1. The Labute approximate surface area is 223 Å². The van der Waals surface area contributed by atoms with Crippen molar-refractivity contribution in [2.45, 2.75) is 29.8 Å². The minimum absolute atomic E-state index is 0.161. The van der Waals surface area contributed by atoms with Crippen LogP contribution in [0.15, 0.2) is 52.3 Å². The zero-order chi connectivity index (χ0) is 26.3. The van der Waals surface area contributed by atoms with Gasteiger partial charge in [-0.3, -0.25) is 19.3 Å². The molecule has 2 atom stereocenters. The number of rotatable bonds is 1. The van der Waals surface area contributed by atoms with Gasteiger partial charge in [-0.05, 0) is 35.6 Å². The summed E-state index contributed by atoms with van der Waals surface area (Å²) in [6.45, 7) is 2.75. The molecule has 0 spiro atoms. The van der Waals surface area contributed by atoms with Gasteiger partial charge >= 0.3 is 0 Å². The lowest BCUT2D eigenvalue weighted by Crippen LogP contribution is -2.66. The van der Waals surface area contributed by atoms with Gasteiger partial charge in [0, 0.05) is 44.6 Å². The van der Waals surface area contributed by atoms with Crippen LogP contribution in [0.1, 0.15) is 38.1 Å². The molecule has 38 heavy (non-hydrogen) atoms. The third-order valence-corrected chi connectivity index (χ3v) is 9.79. The number of aryl methyl sites for hydroxylation is 1. The van der Waals surface area contributed by atoms with Crippen LogP contribution in [0.3, 0.4) is 0 Å². The van der Waals surface area contributed by atoms with Crippen LogP contribution >= 0.6 is 23.1 Å². The lowest BCUT2D eigenvalue weighted by molar-refractivity contribution is -0.0197. The third kappa shape index (κ3) is 3.28. The highest BCUT2D eigenvalue weighted by Crippen LogP contribution is 2.48. The maximum atomic E-state index is 15.4. The molecular formula is C27H21F2N3O4S2. The fourth-order valence-electron chi connectivity index (χ4n) is 5.72. The number of morpholine rings is 1. The number of amides is 1. The molecule has 0 radical (unpaired) electrons. The molecule has 7 nitrogen and oxygen atoms in total. The number of halogens is 2. The maximum absolute atomic E-state index is 15.4. The van der Waals surface area contributed by atoms with E-state index >= 15 is 4.39 Å². The van der Waals surface area contributed by atoms with Crippen molar-refractivity contribution in [3.63, 3.8) is 0 Å². The van der Waals surface area contributed by atoms with E-state index in [-0.39, 0.29) is 30.2 Å². The largest absolute Gasteiger partial charge is 0.502 e.